The molecule has 1 saturated carbocycles. The van der Waals surface area contributed by atoms with Crippen LogP contribution in [0.4, 0.5) is 4.79 Å². The molecule has 6 heteroatoms. The second kappa shape index (κ2) is 8.98. The maximum Gasteiger partial charge on any atom is 0.407 e. The SMILES string of the molecule is CCOC(=O)C1CCC(NCCNC(=O)OC(C)(C)C)CC1. The zero-order valence-electron chi connectivity index (χ0n) is 14.2. The number of ether oxygens (including phenoxy) is 2. The molecule has 1 fully saturated rings. The van der Waals surface area contributed by atoms with Crippen molar-refractivity contribution in [1.82, 2.24) is 10.6 Å². The van der Waals surface area contributed by atoms with Crippen molar-refractivity contribution >= 4 is 12.1 Å². The Hall–Kier alpha value is -1.30. The Morgan fingerprint density at radius 2 is 1.73 bits per heavy atom. The number of rotatable bonds is 6. The fourth-order valence-electron chi connectivity index (χ4n) is 2.55. The fraction of sp³-hybridized carbons (Fsp3) is 0.875. The van der Waals surface area contributed by atoms with E-state index in [-0.39, 0.29) is 18.0 Å². The van der Waals surface area contributed by atoms with Crippen LogP contribution in [-0.4, -0.2) is 43.4 Å². The van der Waals surface area contributed by atoms with E-state index < -0.39 is 5.60 Å². The summed E-state index contributed by atoms with van der Waals surface area (Å²) < 4.78 is 10.2. The number of hydrogen-bond acceptors (Lipinski definition) is 5. The van der Waals surface area contributed by atoms with E-state index in [0.29, 0.717) is 25.7 Å². The van der Waals surface area contributed by atoms with Gasteiger partial charge in [-0.15, -0.1) is 0 Å². The van der Waals surface area contributed by atoms with Gasteiger partial charge in [0.1, 0.15) is 5.60 Å². The van der Waals surface area contributed by atoms with Crippen molar-refractivity contribution < 1.29 is 19.1 Å². The first-order chi connectivity index (χ1) is 10.3. The topological polar surface area (TPSA) is 76.7 Å². The molecule has 2 N–H and O–H groups in total. The molecule has 0 heterocycles. The van der Waals surface area contributed by atoms with E-state index in [9.17, 15) is 9.59 Å². The maximum atomic E-state index is 11.7. The van der Waals surface area contributed by atoms with Gasteiger partial charge >= 0.3 is 12.1 Å². The standard InChI is InChI=1S/C16H30N2O4/c1-5-21-14(19)12-6-8-13(9-7-12)17-10-11-18-15(20)22-16(2,3)4/h12-13,17H,5-11H2,1-4H3,(H,18,20). The van der Waals surface area contributed by atoms with E-state index in [1.165, 1.54) is 0 Å². The molecule has 0 bridgehead atoms. The highest BCUT2D eigenvalue weighted by atomic mass is 16.6. The summed E-state index contributed by atoms with van der Waals surface area (Å²) >= 11 is 0. The molecule has 0 aromatic rings. The Balaban J connectivity index is 2.10. The number of nitrogens with one attached hydrogen (secondary N) is 2. The van der Waals surface area contributed by atoms with Gasteiger partial charge in [-0.05, 0) is 53.4 Å². The van der Waals surface area contributed by atoms with Crippen molar-refractivity contribution in [1.29, 1.82) is 0 Å². The van der Waals surface area contributed by atoms with Crippen molar-refractivity contribution in [2.75, 3.05) is 19.7 Å². The van der Waals surface area contributed by atoms with Crippen molar-refractivity contribution in [3.8, 4) is 0 Å². The Bertz CT molecular complexity index is 358. The molecule has 0 aromatic heterocycles. The number of carbonyl (C=O) groups excluding carboxylic acids is 2. The van der Waals surface area contributed by atoms with Crippen LogP contribution in [0.3, 0.4) is 0 Å². The first-order valence-corrected chi connectivity index (χ1v) is 8.18. The predicted molar refractivity (Wildman–Crippen MR) is 84.6 cm³/mol. The van der Waals surface area contributed by atoms with E-state index >= 15 is 0 Å². The van der Waals surface area contributed by atoms with Crippen molar-refractivity contribution in [3.05, 3.63) is 0 Å². The first kappa shape index (κ1) is 18.7. The Kier molecular flexibility index (Phi) is 7.65. The third-order valence-electron chi connectivity index (χ3n) is 3.57. The third-order valence-corrected chi connectivity index (χ3v) is 3.57. The van der Waals surface area contributed by atoms with Gasteiger partial charge in [0.05, 0.1) is 12.5 Å². The molecule has 1 aliphatic rings. The highest BCUT2D eigenvalue weighted by Gasteiger charge is 2.26. The summed E-state index contributed by atoms with van der Waals surface area (Å²) in [5.74, 6) is -0.00886. The summed E-state index contributed by atoms with van der Waals surface area (Å²) in [6.07, 6.45) is 3.29. The van der Waals surface area contributed by atoms with Crippen molar-refractivity contribution in [2.24, 2.45) is 5.92 Å². The molecule has 6 nitrogen and oxygen atoms in total. The van der Waals surface area contributed by atoms with E-state index in [4.69, 9.17) is 9.47 Å². The van der Waals surface area contributed by atoms with Gasteiger partial charge in [0.25, 0.3) is 0 Å². The highest BCUT2D eigenvalue weighted by molar-refractivity contribution is 5.72. The normalized spacial score (nSPS) is 22.0. The predicted octanol–water partition coefficient (Wildman–Crippen LogP) is 2.22. The van der Waals surface area contributed by atoms with Gasteiger partial charge in [0, 0.05) is 19.1 Å². The van der Waals surface area contributed by atoms with E-state index in [2.05, 4.69) is 10.6 Å². The van der Waals surface area contributed by atoms with Crippen LogP contribution < -0.4 is 10.6 Å². The van der Waals surface area contributed by atoms with Gasteiger partial charge in [-0.3, -0.25) is 4.79 Å². The molecule has 0 saturated heterocycles. The molecule has 1 aliphatic carbocycles. The van der Waals surface area contributed by atoms with Crippen molar-refractivity contribution in [2.45, 2.75) is 65.0 Å². The van der Waals surface area contributed by atoms with Crippen LogP contribution in [0.2, 0.25) is 0 Å². The van der Waals surface area contributed by atoms with Gasteiger partial charge in [-0.1, -0.05) is 0 Å². The minimum atomic E-state index is -0.469. The fourth-order valence-corrected chi connectivity index (χ4v) is 2.55. The van der Waals surface area contributed by atoms with Crippen LogP contribution in [-0.2, 0) is 14.3 Å². The van der Waals surface area contributed by atoms with Gasteiger partial charge in [-0.25, -0.2) is 4.79 Å². The lowest BCUT2D eigenvalue weighted by Crippen LogP contribution is -2.41. The second-order valence-electron chi connectivity index (χ2n) is 6.68. The summed E-state index contributed by atoms with van der Waals surface area (Å²) in [6.45, 7) is 9.04. The first-order valence-electron chi connectivity index (χ1n) is 8.18. The summed E-state index contributed by atoms with van der Waals surface area (Å²) in [6, 6.07) is 0.408. The van der Waals surface area contributed by atoms with E-state index in [0.717, 1.165) is 25.7 Å². The lowest BCUT2D eigenvalue weighted by molar-refractivity contribution is -0.149. The molecule has 0 aromatic carbocycles. The number of carbonyl (C=O) groups is 2. The summed E-state index contributed by atoms with van der Waals surface area (Å²) in [7, 11) is 0. The lowest BCUT2D eigenvalue weighted by Gasteiger charge is -2.28. The number of amides is 1. The van der Waals surface area contributed by atoms with E-state index in [1.54, 1.807) is 0 Å². The minimum Gasteiger partial charge on any atom is -0.466 e. The molecule has 0 atom stereocenters. The highest BCUT2D eigenvalue weighted by Crippen LogP contribution is 2.25. The average molecular weight is 314 g/mol. The molecule has 128 valence electrons. The summed E-state index contributed by atoms with van der Waals surface area (Å²) in [4.78, 5) is 23.1. The molecule has 0 spiro atoms. The number of alkyl carbamates (subject to hydrolysis) is 1. The van der Waals surface area contributed by atoms with E-state index in [1.807, 2.05) is 27.7 Å². The van der Waals surface area contributed by atoms with Gasteiger partial charge in [-0.2, -0.15) is 0 Å². The number of hydrogen-bond donors (Lipinski definition) is 2. The van der Waals surface area contributed by atoms with Crippen LogP contribution in [0.1, 0.15) is 53.4 Å². The van der Waals surface area contributed by atoms with Crippen LogP contribution in [0.15, 0.2) is 0 Å². The summed E-state index contributed by atoms with van der Waals surface area (Å²) in [5, 5.41) is 6.13. The minimum absolute atomic E-state index is 0.0536. The molecule has 1 amide bonds. The molecule has 1 rings (SSSR count). The zero-order valence-corrected chi connectivity index (χ0v) is 14.2. The molecular weight excluding hydrogens is 284 g/mol. The van der Waals surface area contributed by atoms with Gasteiger partial charge in [0.2, 0.25) is 0 Å². The molecule has 22 heavy (non-hydrogen) atoms. The van der Waals surface area contributed by atoms with Gasteiger partial charge in [0.15, 0.2) is 0 Å². The molecule has 0 aliphatic heterocycles. The Morgan fingerprint density at radius 1 is 1.09 bits per heavy atom. The number of esters is 1. The largest absolute Gasteiger partial charge is 0.466 e. The molecule has 0 radical (unpaired) electrons. The quantitative estimate of drug-likeness (QED) is 0.581. The van der Waals surface area contributed by atoms with Crippen LogP contribution in [0, 0.1) is 5.92 Å². The second-order valence-corrected chi connectivity index (χ2v) is 6.68. The van der Waals surface area contributed by atoms with Gasteiger partial charge < -0.3 is 20.1 Å². The molecule has 0 unspecified atom stereocenters. The van der Waals surface area contributed by atoms with Crippen LogP contribution >= 0.6 is 0 Å². The zero-order chi connectivity index (χ0) is 16.6. The molecular formula is C16H30N2O4. The Labute approximate surface area is 133 Å². The lowest BCUT2D eigenvalue weighted by atomic mass is 9.86. The van der Waals surface area contributed by atoms with Crippen molar-refractivity contribution in [3.63, 3.8) is 0 Å². The average Bonchev–Trinajstić information content (AvgIpc) is 2.42. The van der Waals surface area contributed by atoms with Crippen LogP contribution in [0.25, 0.3) is 0 Å². The third kappa shape index (κ3) is 7.64. The monoisotopic (exact) mass is 314 g/mol. The Morgan fingerprint density at radius 3 is 2.27 bits per heavy atom. The van der Waals surface area contributed by atoms with Crippen LogP contribution in [0.5, 0.6) is 0 Å². The smallest absolute Gasteiger partial charge is 0.407 e. The maximum absolute atomic E-state index is 11.7. The summed E-state index contributed by atoms with van der Waals surface area (Å²) in [5.41, 5.74) is -0.469.